The smallest absolute Gasteiger partial charge is 0.305 e. The highest BCUT2D eigenvalue weighted by molar-refractivity contribution is 7.80. The molecular weight excluding hydrogens is 599 g/mol. The third-order valence-electron chi connectivity index (χ3n) is 10.2. The molecule has 5 heteroatoms. The predicted molar refractivity (Wildman–Crippen MR) is 202 cm³/mol. The van der Waals surface area contributed by atoms with Crippen molar-refractivity contribution in [1.82, 2.24) is 5.32 Å². The van der Waals surface area contributed by atoms with E-state index in [1.54, 1.807) is 0 Å². The Kier molecular flexibility index (Phi) is 9.81. The Morgan fingerprint density at radius 1 is 0.553 bits per heavy atom. The van der Waals surface area contributed by atoms with Crippen LogP contribution in [0.4, 0.5) is 0 Å². The lowest BCUT2D eigenvalue weighted by Gasteiger charge is -2.22. The Labute approximate surface area is 282 Å². The van der Waals surface area contributed by atoms with E-state index in [4.69, 9.17) is 4.74 Å². The molecule has 1 amide bonds. The summed E-state index contributed by atoms with van der Waals surface area (Å²) in [5.41, 5.74) is 1.32. The average Bonchev–Trinajstić information content (AvgIpc) is 3.09. The molecule has 7 aromatic carbocycles. The lowest BCUT2D eigenvalue weighted by molar-refractivity contribution is -0.143. The summed E-state index contributed by atoms with van der Waals surface area (Å²) in [5.74, 6) is 0.637. The molecule has 1 N–H and O–H groups in total. The van der Waals surface area contributed by atoms with Crippen molar-refractivity contribution in [2.45, 2.75) is 83.5 Å². The average molecular weight is 644 g/mol. The maximum absolute atomic E-state index is 12.6. The molecule has 0 unspecified atom stereocenters. The molecule has 0 aliphatic carbocycles. The van der Waals surface area contributed by atoms with Gasteiger partial charge >= 0.3 is 5.97 Å². The number of nitrogens with one attached hydrogen (secondary N) is 1. The first-order valence-corrected chi connectivity index (χ1v) is 18.4. The SMILES string of the molecule is O=C(CCS)NCCCCCCCCCCCOC(=O)CCCc1cc2ccc3ccc4ccc5ccc6ccc1c1c6c5c4c3c21. The molecule has 47 heavy (non-hydrogen) atoms. The van der Waals surface area contributed by atoms with Crippen LogP contribution in [0.25, 0.3) is 64.6 Å². The Morgan fingerprint density at radius 3 is 1.64 bits per heavy atom. The van der Waals surface area contributed by atoms with Crippen LogP contribution in [0.15, 0.2) is 66.7 Å². The van der Waals surface area contributed by atoms with Gasteiger partial charge in [0.1, 0.15) is 0 Å². The Bertz CT molecular complexity index is 2060. The Morgan fingerprint density at radius 2 is 1.04 bits per heavy atom. The van der Waals surface area contributed by atoms with Crippen LogP contribution in [0, 0.1) is 0 Å². The minimum absolute atomic E-state index is 0.0764. The van der Waals surface area contributed by atoms with Gasteiger partial charge in [-0.25, -0.2) is 0 Å². The van der Waals surface area contributed by atoms with E-state index in [1.165, 1.54) is 109 Å². The van der Waals surface area contributed by atoms with E-state index in [0.29, 0.717) is 25.2 Å². The van der Waals surface area contributed by atoms with Gasteiger partial charge < -0.3 is 10.1 Å². The molecule has 0 spiro atoms. The molecule has 0 fully saturated rings. The zero-order chi connectivity index (χ0) is 32.2. The van der Waals surface area contributed by atoms with Gasteiger partial charge in [0.2, 0.25) is 5.91 Å². The van der Waals surface area contributed by atoms with E-state index in [2.05, 4.69) is 84.7 Å². The van der Waals surface area contributed by atoms with Crippen LogP contribution < -0.4 is 5.32 Å². The summed E-state index contributed by atoms with van der Waals surface area (Å²) >= 11 is 4.08. The van der Waals surface area contributed by atoms with Gasteiger partial charge in [-0.2, -0.15) is 12.6 Å². The summed E-state index contributed by atoms with van der Waals surface area (Å²) < 4.78 is 5.62. The number of thiol groups is 1. The van der Waals surface area contributed by atoms with Crippen molar-refractivity contribution in [1.29, 1.82) is 0 Å². The van der Waals surface area contributed by atoms with Crippen LogP contribution in [0.2, 0.25) is 0 Å². The number of carbonyl (C=O) groups excluding carboxylic acids is 2. The molecular formula is C42H45NO3S. The number of aryl methyl sites for hydroxylation is 1. The zero-order valence-electron chi connectivity index (χ0n) is 27.3. The highest BCUT2D eigenvalue weighted by atomic mass is 32.1. The van der Waals surface area contributed by atoms with Gasteiger partial charge in [0.25, 0.3) is 0 Å². The van der Waals surface area contributed by atoms with Gasteiger partial charge in [0.15, 0.2) is 0 Å². The molecule has 0 heterocycles. The third-order valence-corrected chi connectivity index (χ3v) is 10.4. The van der Waals surface area contributed by atoms with E-state index in [0.717, 1.165) is 38.6 Å². The number of amides is 1. The molecule has 0 aromatic heterocycles. The normalized spacial score (nSPS) is 12.2. The fourth-order valence-electron chi connectivity index (χ4n) is 7.83. The second-order valence-electron chi connectivity index (χ2n) is 13.4. The molecule has 0 saturated heterocycles. The van der Waals surface area contributed by atoms with Crippen LogP contribution >= 0.6 is 12.6 Å². The molecule has 0 atom stereocenters. The van der Waals surface area contributed by atoms with Gasteiger partial charge in [-0.05, 0) is 102 Å². The van der Waals surface area contributed by atoms with Crippen LogP contribution in [0.1, 0.15) is 82.6 Å². The van der Waals surface area contributed by atoms with E-state index in [9.17, 15) is 9.59 Å². The lowest BCUT2D eigenvalue weighted by atomic mass is 9.81. The molecule has 0 radical (unpaired) electrons. The second-order valence-corrected chi connectivity index (χ2v) is 13.8. The zero-order valence-corrected chi connectivity index (χ0v) is 28.2. The van der Waals surface area contributed by atoms with Crippen molar-refractivity contribution in [3.63, 3.8) is 0 Å². The lowest BCUT2D eigenvalue weighted by Crippen LogP contribution is -2.24. The van der Waals surface area contributed by atoms with E-state index >= 15 is 0 Å². The van der Waals surface area contributed by atoms with Gasteiger partial charge in [-0.15, -0.1) is 0 Å². The first-order valence-electron chi connectivity index (χ1n) is 17.8. The summed E-state index contributed by atoms with van der Waals surface area (Å²) in [6.07, 6.45) is 13.0. The van der Waals surface area contributed by atoms with E-state index in [-0.39, 0.29) is 11.9 Å². The van der Waals surface area contributed by atoms with Crippen molar-refractivity contribution in [2.75, 3.05) is 18.9 Å². The fraction of sp³-hybridized carbons (Fsp3) is 0.381. The maximum Gasteiger partial charge on any atom is 0.305 e. The van der Waals surface area contributed by atoms with Crippen molar-refractivity contribution < 1.29 is 14.3 Å². The topological polar surface area (TPSA) is 55.4 Å². The highest BCUT2D eigenvalue weighted by Gasteiger charge is 2.21. The first-order chi connectivity index (χ1) is 23.1. The maximum atomic E-state index is 12.6. The Hall–Kier alpha value is -3.83. The largest absolute Gasteiger partial charge is 0.466 e. The summed E-state index contributed by atoms with van der Waals surface area (Å²) in [5, 5.41) is 19.1. The van der Waals surface area contributed by atoms with Crippen molar-refractivity contribution >= 4 is 89.1 Å². The van der Waals surface area contributed by atoms with Crippen LogP contribution in [0.3, 0.4) is 0 Å². The molecule has 0 aliphatic heterocycles. The number of unbranched alkanes of at least 4 members (excludes halogenated alkanes) is 8. The van der Waals surface area contributed by atoms with Crippen LogP contribution in [-0.4, -0.2) is 30.8 Å². The molecule has 7 aromatic rings. The summed E-state index contributed by atoms with van der Waals surface area (Å²) in [6, 6.07) is 25.1. The number of rotatable bonds is 18. The molecule has 0 aliphatic rings. The van der Waals surface area contributed by atoms with Crippen LogP contribution in [-0.2, 0) is 20.7 Å². The summed E-state index contributed by atoms with van der Waals surface area (Å²) in [7, 11) is 0. The van der Waals surface area contributed by atoms with Gasteiger partial charge in [-0.1, -0.05) is 112 Å². The predicted octanol–water partition coefficient (Wildman–Crippen LogP) is 10.7. The van der Waals surface area contributed by atoms with E-state index < -0.39 is 0 Å². The van der Waals surface area contributed by atoms with Gasteiger partial charge in [0, 0.05) is 19.4 Å². The number of hydrogen-bond acceptors (Lipinski definition) is 4. The number of ether oxygens (including phenoxy) is 1. The van der Waals surface area contributed by atoms with Crippen molar-refractivity contribution in [2.24, 2.45) is 0 Å². The third kappa shape index (κ3) is 6.52. The van der Waals surface area contributed by atoms with Gasteiger partial charge in [-0.3, -0.25) is 9.59 Å². The minimum atomic E-state index is -0.0764. The van der Waals surface area contributed by atoms with Crippen molar-refractivity contribution in [3.8, 4) is 0 Å². The fourth-order valence-corrected chi connectivity index (χ4v) is 8.04. The molecule has 7 rings (SSSR count). The van der Waals surface area contributed by atoms with E-state index in [1.807, 2.05) is 0 Å². The summed E-state index contributed by atoms with van der Waals surface area (Å²) in [6.45, 7) is 1.31. The van der Waals surface area contributed by atoms with Gasteiger partial charge in [0.05, 0.1) is 6.61 Å². The minimum Gasteiger partial charge on any atom is -0.466 e. The first kappa shape index (κ1) is 31.8. The monoisotopic (exact) mass is 643 g/mol. The number of carbonyl (C=O) groups is 2. The molecule has 0 saturated carbocycles. The molecule has 4 nitrogen and oxygen atoms in total. The number of benzene rings is 7. The summed E-state index contributed by atoms with van der Waals surface area (Å²) in [4.78, 5) is 24.0. The Balaban J connectivity index is 0.890. The second kappa shape index (κ2) is 14.5. The highest BCUT2D eigenvalue weighted by Crippen LogP contribution is 2.48. The number of hydrogen-bond donors (Lipinski definition) is 2. The number of esters is 1. The quantitative estimate of drug-likeness (QED) is 0.0322. The van der Waals surface area contributed by atoms with Crippen molar-refractivity contribution in [3.05, 3.63) is 72.3 Å². The standard InChI is InChI=1S/C42H45NO3S/c44-35(23-26-47)43-24-8-6-4-2-1-3-5-7-9-25-46-36(45)12-10-11-32-27-33-20-19-30-16-14-28-13-15-29-17-18-31-21-22-34(32)42-40(31)38(29)37(28)39(30)41(33)42/h13-22,27,47H,1-12,23-26H2,(H,43,44). The molecule has 0 bridgehead atoms. The molecule has 242 valence electrons. The van der Waals surface area contributed by atoms with Crippen LogP contribution in [0.5, 0.6) is 0 Å².